The lowest BCUT2D eigenvalue weighted by molar-refractivity contribution is 0.401. The summed E-state index contributed by atoms with van der Waals surface area (Å²) in [7, 11) is -6.22. The molecule has 12 heteroatoms. The molecule has 2 heterocycles. The van der Waals surface area contributed by atoms with Gasteiger partial charge in [0.25, 0.3) is 0 Å². The van der Waals surface area contributed by atoms with Crippen molar-refractivity contribution >= 4 is 40.1 Å². The summed E-state index contributed by atoms with van der Waals surface area (Å²) in [6.07, 6.45) is 1.01. The Kier molecular flexibility index (Phi) is 6.45. The fourth-order valence-electron chi connectivity index (χ4n) is 4.23. The first kappa shape index (κ1) is 25.8. The quantitative estimate of drug-likeness (QED) is 0.352. The Morgan fingerprint density at radius 1 is 1.14 bits per heavy atom. The van der Waals surface area contributed by atoms with Gasteiger partial charge in [-0.2, -0.15) is 4.76 Å². The molecule has 3 aromatic rings. The average Bonchev–Trinajstić information content (AvgIpc) is 3.03. The predicted molar refractivity (Wildman–Crippen MR) is 141 cm³/mol. The lowest BCUT2D eigenvalue weighted by Gasteiger charge is -2.24. The molecule has 1 aromatic heterocycles. The van der Waals surface area contributed by atoms with E-state index >= 15 is 0 Å². The highest BCUT2D eigenvalue weighted by Gasteiger charge is 2.38. The highest BCUT2D eigenvalue weighted by molar-refractivity contribution is 7.92. The van der Waals surface area contributed by atoms with Gasteiger partial charge in [0.15, 0.2) is 11.6 Å². The van der Waals surface area contributed by atoms with Gasteiger partial charge >= 0.3 is 7.52 Å². The van der Waals surface area contributed by atoms with E-state index in [0.717, 1.165) is 11.8 Å². The van der Waals surface area contributed by atoms with Gasteiger partial charge < -0.3 is 24.6 Å². The standard InChI is InChI=1S/C24H29N4O6PS/c1-24(2,3)21-20(29)19(23(30)28(21)14-15-9-7-6-8-10-15)22-25-17-12-11-16(27-36(5,32)33)13-18(17)35(31,26-22)34-4/h6-13,27,29-30H,14H2,1-5H3,(H,25,26,31). The Balaban J connectivity index is 1.86. The van der Waals surface area contributed by atoms with Gasteiger partial charge in [0.05, 0.1) is 29.5 Å². The number of benzene rings is 2. The Labute approximate surface area is 210 Å². The molecule has 2 aromatic carbocycles. The Morgan fingerprint density at radius 2 is 1.81 bits per heavy atom. The van der Waals surface area contributed by atoms with Crippen molar-refractivity contribution in [1.29, 1.82) is 0 Å². The maximum atomic E-state index is 13.7. The lowest BCUT2D eigenvalue weighted by atomic mass is 9.91. The summed E-state index contributed by atoms with van der Waals surface area (Å²) >= 11 is 0. The number of aromatic hydroxyl groups is 2. The molecule has 0 saturated carbocycles. The minimum atomic E-state index is -3.89. The molecule has 1 aliphatic rings. The van der Waals surface area contributed by atoms with Crippen LogP contribution >= 0.6 is 7.52 Å². The first-order valence-electron chi connectivity index (χ1n) is 11.1. The van der Waals surface area contributed by atoms with E-state index < -0.39 is 23.0 Å². The summed E-state index contributed by atoms with van der Waals surface area (Å²) in [4.78, 5) is 0. The number of fused-ring (bicyclic) bond motifs is 1. The third-order valence-electron chi connectivity index (χ3n) is 5.68. The van der Waals surface area contributed by atoms with Crippen LogP contribution in [0.25, 0.3) is 0 Å². The molecule has 10 nitrogen and oxygen atoms in total. The Hall–Kier alpha value is -3.27. The molecule has 1 aliphatic heterocycles. The van der Waals surface area contributed by atoms with Crippen LogP contribution < -0.4 is 15.3 Å². The molecule has 1 atom stereocenters. The van der Waals surface area contributed by atoms with Crippen LogP contribution in [0.3, 0.4) is 0 Å². The van der Waals surface area contributed by atoms with Crippen LogP contribution in [0.4, 0.5) is 11.4 Å². The number of hydrogen-bond donors (Lipinski definition) is 4. The molecule has 36 heavy (non-hydrogen) atoms. The first-order chi connectivity index (χ1) is 16.7. The molecule has 0 saturated heterocycles. The maximum Gasteiger partial charge on any atom is 0.348 e. The van der Waals surface area contributed by atoms with E-state index in [9.17, 15) is 23.2 Å². The second-order valence-corrected chi connectivity index (χ2v) is 13.4. The zero-order chi connectivity index (χ0) is 26.5. The molecule has 4 N–H and O–H groups in total. The molecule has 0 aliphatic carbocycles. The monoisotopic (exact) mass is 532 g/mol. The minimum Gasteiger partial charge on any atom is -0.505 e. The van der Waals surface area contributed by atoms with Crippen molar-refractivity contribution in [3.63, 3.8) is 0 Å². The molecular formula is C24H29N4O6PS. The number of nitrogens with one attached hydrogen (secondary N) is 2. The summed E-state index contributed by atoms with van der Waals surface area (Å²) in [6.45, 7) is 6.02. The van der Waals surface area contributed by atoms with Crippen LogP contribution in [-0.4, -0.2) is 42.4 Å². The van der Waals surface area contributed by atoms with Crippen molar-refractivity contribution in [2.24, 2.45) is 4.76 Å². The highest BCUT2D eigenvalue weighted by Crippen LogP contribution is 2.53. The fourth-order valence-corrected chi connectivity index (χ4v) is 6.32. The van der Waals surface area contributed by atoms with Gasteiger partial charge in [-0.1, -0.05) is 51.1 Å². The van der Waals surface area contributed by atoms with Gasteiger partial charge in [0.1, 0.15) is 5.56 Å². The van der Waals surface area contributed by atoms with Gasteiger partial charge in [-0.15, -0.1) is 0 Å². The van der Waals surface area contributed by atoms with Gasteiger partial charge in [-0.3, -0.25) is 9.29 Å². The van der Waals surface area contributed by atoms with Gasteiger partial charge in [-0.05, 0) is 23.8 Å². The normalized spacial score (nSPS) is 17.8. The van der Waals surface area contributed by atoms with E-state index in [2.05, 4.69) is 14.8 Å². The molecular weight excluding hydrogens is 503 g/mol. The molecule has 0 spiro atoms. The third kappa shape index (κ3) is 4.86. The second kappa shape index (κ2) is 8.99. The van der Waals surface area contributed by atoms with E-state index in [4.69, 9.17) is 4.52 Å². The van der Waals surface area contributed by atoms with E-state index in [1.807, 2.05) is 51.1 Å². The van der Waals surface area contributed by atoms with Crippen molar-refractivity contribution in [1.82, 2.24) is 4.57 Å². The first-order valence-corrected chi connectivity index (χ1v) is 14.5. The van der Waals surface area contributed by atoms with Gasteiger partial charge in [0.2, 0.25) is 15.9 Å². The van der Waals surface area contributed by atoms with Crippen LogP contribution in [0.2, 0.25) is 0 Å². The van der Waals surface area contributed by atoms with Crippen molar-refractivity contribution < 1.29 is 27.7 Å². The van der Waals surface area contributed by atoms with Crippen molar-refractivity contribution in [3.05, 3.63) is 65.4 Å². The number of sulfonamides is 1. The van der Waals surface area contributed by atoms with Crippen LogP contribution in [0.5, 0.6) is 11.6 Å². The molecule has 4 rings (SSSR count). The zero-order valence-corrected chi connectivity index (χ0v) is 22.3. The smallest absolute Gasteiger partial charge is 0.348 e. The van der Waals surface area contributed by atoms with Gasteiger partial charge in [-0.25, -0.2) is 8.42 Å². The number of rotatable bonds is 6. The van der Waals surface area contributed by atoms with Crippen LogP contribution in [0, 0.1) is 0 Å². The lowest BCUT2D eigenvalue weighted by Crippen LogP contribution is -2.26. The predicted octanol–water partition coefficient (Wildman–Crippen LogP) is 3.95. The van der Waals surface area contributed by atoms with Crippen LogP contribution in [0.1, 0.15) is 37.6 Å². The maximum absolute atomic E-state index is 13.7. The minimum absolute atomic E-state index is 0.00267. The SMILES string of the molecule is COP1(=O)N=C(c2c(O)c(C(C)(C)C)n(Cc3ccccc3)c2O)Nc2ccc(NS(C)(=O)=O)cc21. The number of amidine groups is 1. The zero-order valence-electron chi connectivity index (χ0n) is 20.6. The van der Waals surface area contributed by atoms with Crippen molar-refractivity contribution in [2.45, 2.75) is 32.7 Å². The average molecular weight is 533 g/mol. The van der Waals surface area contributed by atoms with Crippen LogP contribution in [0.15, 0.2) is 53.3 Å². The summed E-state index contributed by atoms with van der Waals surface area (Å²) in [5.74, 6) is -0.457. The van der Waals surface area contributed by atoms with E-state index in [1.165, 1.54) is 25.3 Å². The largest absolute Gasteiger partial charge is 0.505 e. The molecule has 0 amide bonds. The Morgan fingerprint density at radius 3 is 2.39 bits per heavy atom. The molecule has 0 fully saturated rings. The number of aromatic nitrogens is 1. The third-order valence-corrected chi connectivity index (χ3v) is 8.22. The van der Waals surface area contributed by atoms with E-state index in [0.29, 0.717) is 17.9 Å². The van der Waals surface area contributed by atoms with Crippen molar-refractivity contribution in [3.8, 4) is 11.6 Å². The number of nitrogens with zero attached hydrogens (tertiary/aromatic N) is 2. The topological polar surface area (TPSA) is 142 Å². The summed E-state index contributed by atoms with van der Waals surface area (Å²) in [5, 5.41) is 25.8. The molecule has 192 valence electrons. The summed E-state index contributed by atoms with van der Waals surface area (Å²) in [6, 6.07) is 13.9. The number of anilines is 2. The van der Waals surface area contributed by atoms with E-state index in [1.54, 1.807) is 4.57 Å². The van der Waals surface area contributed by atoms with Crippen LogP contribution in [-0.2, 0) is 31.1 Å². The molecule has 0 radical (unpaired) electrons. The highest BCUT2D eigenvalue weighted by atomic mass is 32.2. The second-order valence-electron chi connectivity index (χ2n) is 9.60. The molecule has 0 bridgehead atoms. The van der Waals surface area contributed by atoms with Crippen molar-refractivity contribution in [2.75, 3.05) is 23.4 Å². The summed E-state index contributed by atoms with van der Waals surface area (Å²) < 4.78 is 50.5. The Bertz CT molecular complexity index is 1510. The van der Waals surface area contributed by atoms with Gasteiger partial charge in [0, 0.05) is 18.2 Å². The molecule has 1 unspecified atom stereocenters. The fraction of sp³-hybridized carbons (Fsp3) is 0.292. The number of hydrogen-bond acceptors (Lipinski definition) is 7. The summed E-state index contributed by atoms with van der Waals surface area (Å²) in [5.41, 5.74) is 1.38. The van der Waals surface area contributed by atoms with E-state index in [-0.39, 0.29) is 34.0 Å².